The lowest BCUT2D eigenvalue weighted by Crippen LogP contribution is -1.84. The van der Waals surface area contributed by atoms with Gasteiger partial charge in [-0.3, -0.25) is 4.98 Å². The molecule has 2 heterocycles. The molecule has 0 saturated heterocycles. The molecule has 0 aliphatic rings. The highest BCUT2D eigenvalue weighted by molar-refractivity contribution is 7.17. The van der Waals surface area contributed by atoms with Gasteiger partial charge < -0.3 is 0 Å². The van der Waals surface area contributed by atoms with Crippen molar-refractivity contribution < 1.29 is 0 Å². The number of fused-ring (bicyclic) bond motifs is 1. The van der Waals surface area contributed by atoms with Gasteiger partial charge >= 0.3 is 0 Å². The predicted octanol–water partition coefficient (Wildman–Crippen LogP) is 3.72. The van der Waals surface area contributed by atoms with Crippen LogP contribution >= 0.6 is 11.3 Å². The lowest BCUT2D eigenvalue weighted by Gasteiger charge is -1.96. The minimum absolute atomic E-state index is 1.11. The number of nitrogens with zero attached hydrogens (tertiary/aromatic N) is 1. The zero-order valence-electron chi connectivity index (χ0n) is 8.00. The molecular formula is C11H13NS. The van der Waals surface area contributed by atoms with Gasteiger partial charge in [-0.2, -0.15) is 0 Å². The summed E-state index contributed by atoms with van der Waals surface area (Å²) in [6.45, 7) is 10.1. The normalized spacial score (nSPS) is 9.38. The van der Waals surface area contributed by atoms with Gasteiger partial charge in [-0.1, -0.05) is 0 Å². The van der Waals surface area contributed by atoms with E-state index in [1.54, 1.807) is 11.3 Å². The Bertz CT molecular complexity index is 403. The summed E-state index contributed by atoms with van der Waals surface area (Å²) in [5.74, 6) is 0. The molecule has 0 spiro atoms. The smallest absolute Gasteiger partial charge is 0.0462 e. The van der Waals surface area contributed by atoms with Crippen molar-refractivity contribution in [1.29, 1.82) is 0 Å². The Balaban J connectivity index is 0.000000396. The molecule has 0 fully saturated rings. The number of pyridine rings is 1. The first kappa shape index (κ1) is 9.93. The molecule has 0 bridgehead atoms. The molecule has 0 aliphatic heterocycles. The fraction of sp³-hybridized carbons (Fsp3) is 0.182. The Morgan fingerprint density at radius 1 is 1.31 bits per heavy atom. The Kier molecular flexibility index (Phi) is 3.20. The molecule has 0 aromatic carbocycles. The van der Waals surface area contributed by atoms with E-state index in [0.717, 1.165) is 11.4 Å². The molecule has 0 saturated carbocycles. The maximum absolute atomic E-state index is 4.38. The van der Waals surface area contributed by atoms with E-state index in [4.69, 9.17) is 0 Å². The third-order valence-electron chi connectivity index (χ3n) is 1.77. The standard InChI is InChI=1S/C9H9NS.C2H4/c1-6-5-9-8(3-4-11-9)7(2)10-6;1-2/h3-5H,1-2H3;1-2H2. The van der Waals surface area contributed by atoms with Crippen molar-refractivity contribution in [3.05, 3.63) is 42.1 Å². The molecule has 68 valence electrons. The molecule has 13 heavy (non-hydrogen) atoms. The molecule has 0 radical (unpaired) electrons. The van der Waals surface area contributed by atoms with E-state index in [-0.39, 0.29) is 0 Å². The average Bonchev–Trinajstić information content (AvgIpc) is 2.55. The molecule has 2 rings (SSSR count). The fourth-order valence-electron chi connectivity index (χ4n) is 1.28. The van der Waals surface area contributed by atoms with Crippen LogP contribution in [0.25, 0.3) is 10.1 Å². The molecule has 0 unspecified atom stereocenters. The summed E-state index contributed by atoms with van der Waals surface area (Å²) in [6, 6.07) is 4.26. The molecule has 2 aromatic rings. The molecule has 1 nitrogen and oxygen atoms in total. The minimum Gasteiger partial charge on any atom is -0.258 e. The van der Waals surface area contributed by atoms with Crippen LogP contribution in [0.2, 0.25) is 0 Å². The Labute approximate surface area is 82.7 Å². The van der Waals surface area contributed by atoms with Crippen molar-refractivity contribution >= 4 is 21.4 Å². The quantitative estimate of drug-likeness (QED) is 0.578. The summed E-state index contributed by atoms with van der Waals surface area (Å²) in [5, 5.41) is 3.40. The van der Waals surface area contributed by atoms with Crippen LogP contribution in [0.1, 0.15) is 11.4 Å². The van der Waals surface area contributed by atoms with Crippen LogP contribution in [-0.2, 0) is 0 Å². The van der Waals surface area contributed by atoms with E-state index >= 15 is 0 Å². The topological polar surface area (TPSA) is 12.9 Å². The molecule has 2 aromatic heterocycles. The van der Waals surface area contributed by atoms with E-state index in [1.165, 1.54) is 10.1 Å². The van der Waals surface area contributed by atoms with E-state index in [9.17, 15) is 0 Å². The number of rotatable bonds is 0. The summed E-state index contributed by atoms with van der Waals surface area (Å²) in [6.07, 6.45) is 0. The SMILES string of the molecule is C=C.Cc1cc2sccc2c(C)n1. The highest BCUT2D eigenvalue weighted by Gasteiger charge is 1.99. The second-order valence-corrected chi connectivity index (χ2v) is 3.63. The number of hydrogen-bond acceptors (Lipinski definition) is 2. The lowest BCUT2D eigenvalue weighted by atomic mass is 10.2. The minimum atomic E-state index is 1.11. The first-order chi connectivity index (χ1) is 6.27. The van der Waals surface area contributed by atoms with Crippen molar-refractivity contribution in [1.82, 2.24) is 4.98 Å². The van der Waals surface area contributed by atoms with Crippen LogP contribution in [0, 0.1) is 13.8 Å². The Morgan fingerprint density at radius 3 is 2.69 bits per heavy atom. The van der Waals surface area contributed by atoms with Crippen molar-refractivity contribution in [2.75, 3.05) is 0 Å². The lowest BCUT2D eigenvalue weighted by molar-refractivity contribution is 1.15. The first-order valence-electron chi connectivity index (χ1n) is 4.09. The van der Waals surface area contributed by atoms with Crippen LogP contribution in [0.15, 0.2) is 30.7 Å². The molecule has 0 N–H and O–H groups in total. The molecule has 0 aliphatic carbocycles. The molecule has 0 amide bonds. The van der Waals surface area contributed by atoms with Gasteiger partial charge in [-0.05, 0) is 31.4 Å². The van der Waals surface area contributed by atoms with E-state index < -0.39 is 0 Å². The van der Waals surface area contributed by atoms with Gasteiger partial charge in [0.15, 0.2) is 0 Å². The zero-order valence-corrected chi connectivity index (χ0v) is 8.82. The first-order valence-corrected chi connectivity index (χ1v) is 4.97. The molecule has 2 heteroatoms. The van der Waals surface area contributed by atoms with Gasteiger partial charge in [0.05, 0.1) is 0 Å². The maximum atomic E-state index is 4.38. The van der Waals surface area contributed by atoms with Crippen LogP contribution < -0.4 is 0 Å². The van der Waals surface area contributed by atoms with Gasteiger partial charge in [0, 0.05) is 21.5 Å². The monoisotopic (exact) mass is 191 g/mol. The van der Waals surface area contributed by atoms with Gasteiger partial charge in [0.2, 0.25) is 0 Å². The zero-order chi connectivity index (χ0) is 9.84. The van der Waals surface area contributed by atoms with Crippen LogP contribution in [0.3, 0.4) is 0 Å². The van der Waals surface area contributed by atoms with Crippen molar-refractivity contribution in [2.24, 2.45) is 0 Å². The van der Waals surface area contributed by atoms with Gasteiger partial charge in [0.1, 0.15) is 0 Å². The predicted molar refractivity (Wildman–Crippen MR) is 60.3 cm³/mol. The third kappa shape index (κ3) is 1.95. The highest BCUT2D eigenvalue weighted by atomic mass is 32.1. The van der Waals surface area contributed by atoms with Gasteiger partial charge in [-0.15, -0.1) is 24.5 Å². The Morgan fingerprint density at radius 2 is 2.00 bits per heavy atom. The van der Waals surface area contributed by atoms with Gasteiger partial charge in [0.25, 0.3) is 0 Å². The largest absolute Gasteiger partial charge is 0.258 e. The van der Waals surface area contributed by atoms with E-state index in [2.05, 4.69) is 42.6 Å². The average molecular weight is 191 g/mol. The van der Waals surface area contributed by atoms with Crippen molar-refractivity contribution in [3.8, 4) is 0 Å². The van der Waals surface area contributed by atoms with Crippen LogP contribution in [-0.4, -0.2) is 4.98 Å². The van der Waals surface area contributed by atoms with E-state index in [1.807, 2.05) is 6.92 Å². The summed E-state index contributed by atoms with van der Waals surface area (Å²) >= 11 is 1.78. The second kappa shape index (κ2) is 4.19. The summed E-state index contributed by atoms with van der Waals surface area (Å²) < 4.78 is 1.34. The summed E-state index contributed by atoms with van der Waals surface area (Å²) in [5.41, 5.74) is 2.25. The van der Waals surface area contributed by atoms with E-state index in [0.29, 0.717) is 0 Å². The molecule has 0 atom stereocenters. The summed E-state index contributed by atoms with van der Waals surface area (Å²) in [4.78, 5) is 4.38. The van der Waals surface area contributed by atoms with Crippen molar-refractivity contribution in [3.63, 3.8) is 0 Å². The van der Waals surface area contributed by atoms with Gasteiger partial charge in [-0.25, -0.2) is 0 Å². The fourth-order valence-corrected chi connectivity index (χ4v) is 2.21. The summed E-state index contributed by atoms with van der Waals surface area (Å²) in [7, 11) is 0. The number of hydrogen-bond donors (Lipinski definition) is 0. The second-order valence-electron chi connectivity index (χ2n) is 2.68. The van der Waals surface area contributed by atoms with Crippen LogP contribution in [0.4, 0.5) is 0 Å². The van der Waals surface area contributed by atoms with Crippen molar-refractivity contribution in [2.45, 2.75) is 13.8 Å². The Hall–Kier alpha value is -1.15. The third-order valence-corrected chi connectivity index (χ3v) is 2.63. The number of thiophene rings is 1. The number of aryl methyl sites for hydroxylation is 2. The maximum Gasteiger partial charge on any atom is 0.0462 e. The van der Waals surface area contributed by atoms with Crippen LogP contribution in [0.5, 0.6) is 0 Å². The molecular weight excluding hydrogens is 178 g/mol. The highest BCUT2D eigenvalue weighted by Crippen LogP contribution is 2.22. The number of aromatic nitrogens is 1.